The predicted molar refractivity (Wildman–Crippen MR) is 54.7 cm³/mol. The second kappa shape index (κ2) is 4.71. The number of aliphatic hydroxyl groups excluding tert-OH is 1. The molecule has 0 saturated carbocycles. The molecule has 0 heterocycles. The minimum absolute atomic E-state index is 0.0934. The highest BCUT2D eigenvalue weighted by Crippen LogP contribution is 2.18. The molecule has 0 saturated heterocycles. The monoisotopic (exact) mass is 225 g/mol. The number of benzene rings is 1. The summed E-state index contributed by atoms with van der Waals surface area (Å²) >= 11 is 0. The van der Waals surface area contributed by atoms with Crippen molar-refractivity contribution >= 4 is 5.97 Å². The summed E-state index contributed by atoms with van der Waals surface area (Å²) in [6.45, 7) is 0.938. The molecule has 0 radical (unpaired) electrons. The lowest BCUT2D eigenvalue weighted by Gasteiger charge is -2.08. The van der Waals surface area contributed by atoms with E-state index in [0.717, 1.165) is 0 Å². The maximum atomic E-state index is 10.8. The highest BCUT2D eigenvalue weighted by molar-refractivity contribution is 5.89. The van der Waals surface area contributed by atoms with Crippen LogP contribution in [0.3, 0.4) is 0 Å². The van der Waals surface area contributed by atoms with E-state index in [1.165, 1.54) is 25.1 Å². The Bertz CT molecular complexity index is 427. The van der Waals surface area contributed by atoms with Crippen LogP contribution in [0.4, 0.5) is 0 Å². The van der Waals surface area contributed by atoms with E-state index in [1.54, 1.807) is 0 Å². The van der Waals surface area contributed by atoms with E-state index >= 15 is 0 Å². The van der Waals surface area contributed by atoms with Gasteiger partial charge in [-0.2, -0.15) is 0 Å². The number of rotatable bonds is 4. The maximum absolute atomic E-state index is 10.8. The lowest BCUT2D eigenvalue weighted by molar-refractivity contribution is -0.496. The number of aromatic carboxylic acids is 1. The Kier molecular flexibility index (Phi) is 3.57. The summed E-state index contributed by atoms with van der Waals surface area (Å²) in [5.74, 6) is -1.21. The normalized spacial score (nSPS) is 12.1. The van der Waals surface area contributed by atoms with E-state index in [1.807, 2.05) is 0 Å². The molecule has 0 fully saturated rings. The van der Waals surface area contributed by atoms with Gasteiger partial charge in [0.2, 0.25) is 6.54 Å². The summed E-state index contributed by atoms with van der Waals surface area (Å²) in [7, 11) is 0. The summed E-state index contributed by atoms with van der Waals surface area (Å²) in [4.78, 5) is 20.6. The minimum Gasteiger partial charge on any atom is -0.478 e. The van der Waals surface area contributed by atoms with Crippen molar-refractivity contribution in [1.29, 1.82) is 0 Å². The maximum Gasteiger partial charge on any atom is 0.336 e. The number of hydrogen-bond acceptors (Lipinski definition) is 4. The van der Waals surface area contributed by atoms with E-state index in [9.17, 15) is 20.0 Å². The van der Waals surface area contributed by atoms with E-state index < -0.39 is 23.5 Å². The quantitative estimate of drug-likeness (QED) is 0.592. The molecule has 0 spiro atoms. The van der Waals surface area contributed by atoms with Gasteiger partial charge >= 0.3 is 5.97 Å². The zero-order valence-electron chi connectivity index (χ0n) is 8.58. The predicted octanol–water partition coefficient (Wildman–Crippen LogP) is 1.21. The fraction of sp³-hybridized carbons (Fsp3) is 0.300. The van der Waals surface area contributed by atoms with Gasteiger partial charge in [-0.15, -0.1) is 0 Å². The van der Waals surface area contributed by atoms with Crippen molar-refractivity contribution in [1.82, 2.24) is 0 Å². The zero-order valence-corrected chi connectivity index (χ0v) is 8.58. The van der Waals surface area contributed by atoms with Crippen LogP contribution in [-0.2, 0) is 6.54 Å². The molecule has 0 aliphatic rings. The number of nitrogens with zero attached hydrogens (tertiary/aromatic N) is 1. The standard InChI is InChI=1S/C10H11NO5/c1-6(12)7-2-3-9(10(13)14)8(4-7)5-11(15)16/h2-4,6,12H,5H2,1H3,(H,13,14). The molecule has 2 N–H and O–H groups in total. The van der Waals surface area contributed by atoms with Crippen molar-refractivity contribution in [3.8, 4) is 0 Å². The van der Waals surface area contributed by atoms with Gasteiger partial charge in [0, 0.05) is 10.5 Å². The van der Waals surface area contributed by atoms with Crippen molar-refractivity contribution in [2.45, 2.75) is 19.6 Å². The molecule has 1 aromatic carbocycles. The van der Waals surface area contributed by atoms with Crippen LogP contribution >= 0.6 is 0 Å². The van der Waals surface area contributed by atoms with Crippen LogP contribution in [0.2, 0.25) is 0 Å². The Labute approximate surface area is 91.3 Å². The first-order valence-corrected chi connectivity index (χ1v) is 4.57. The highest BCUT2D eigenvalue weighted by atomic mass is 16.6. The fourth-order valence-electron chi connectivity index (χ4n) is 1.35. The third-order valence-corrected chi connectivity index (χ3v) is 2.14. The number of carboxylic acids is 1. The SMILES string of the molecule is CC(O)c1ccc(C(=O)O)c(C[N+](=O)[O-])c1. The molecular weight excluding hydrogens is 214 g/mol. The van der Waals surface area contributed by atoms with Crippen LogP contribution in [0.25, 0.3) is 0 Å². The molecule has 6 heteroatoms. The van der Waals surface area contributed by atoms with Crippen LogP contribution in [0.5, 0.6) is 0 Å². The van der Waals surface area contributed by atoms with Crippen LogP contribution < -0.4 is 0 Å². The topological polar surface area (TPSA) is 101 Å². The summed E-state index contributed by atoms with van der Waals surface area (Å²) in [6, 6.07) is 4.05. The first-order valence-electron chi connectivity index (χ1n) is 4.57. The first kappa shape index (κ1) is 12.1. The smallest absolute Gasteiger partial charge is 0.336 e. The van der Waals surface area contributed by atoms with Gasteiger partial charge in [0.25, 0.3) is 0 Å². The molecule has 6 nitrogen and oxygen atoms in total. The minimum atomic E-state index is -1.21. The molecule has 0 aliphatic heterocycles. The molecule has 0 aliphatic carbocycles. The average molecular weight is 225 g/mol. The van der Waals surface area contributed by atoms with Crippen molar-refractivity contribution in [2.75, 3.05) is 0 Å². The van der Waals surface area contributed by atoms with Gasteiger partial charge in [-0.3, -0.25) is 10.1 Å². The zero-order chi connectivity index (χ0) is 12.3. The van der Waals surface area contributed by atoms with Crippen LogP contribution in [0.1, 0.15) is 34.5 Å². The summed E-state index contributed by atoms with van der Waals surface area (Å²) < 4.78 is 0. The van der Waals surface area contributed by atoms with Crippen molar-refractivity contribution in [2.24, 2.45) is 0 Å². The Morgan fingerprint density at radius 3 is 2.62 bits per heavy atom. The van der Waals surface area contributed by atoms with E-state index in [-0.39, 0.29) is 11.1 Å². The van der Waals surface area contributed by atoms with Gasteiger partial charge in [0.1, 0.15) is 0 Å². The second-order valence-electron chi connectivity index (χ2n) is 3.39. The van der Waals surface area contributed by atoms with Gasteiger partial charge in [-0.05, 0) is 24.6 Å². The molecule has 0 aromatic heterocycles. The van der Waals surface area contributed by atoms with Crippen molar-refractivity contribution in [3.63, 3.8) is 0 Å². The number of carbonyl (C=O) groups is 1. The van der Waals surface area contributed by atoms with Gasteiger partial charge in [-0.25, -0.2) is 4.79 Å². The highest BCUT2D eigenvalue weighted by Gasteiger charge is 2.16. The molecule has 1 aromatic rings. The summed E-state index contributed by atoms with van der Waals surface area (Å²) in [6.07, 6.45) is -0.784. The van der Waals surface area contributed by atoms with E-state index in [2.05, 4.69) is 0 Å². The fourth-order valence-corrected chi connectivity index (χ4v) is 1.35. The van der Waals surface area contributed by atoms with Crippen LogP contribution in [-0.4, -0.2) is 21.1 Å². The van der Waals surface area contributed by atoms with Crippen molar-refractivity contribution in [3.05, 3.63) is 45.0 Å². The average Bonchev–Trinajstić information content (AvgIpc) is 2.15. The molecule has 86 valence electrons. The Balaban J connectivity index is 3.20. The largest absolute Gasteiger partial charge is 0.478 e. The van der Waals surface area contributed by atoms with E-state index in [0.29, 0.717) is 5.56 Å². The molecule has 0 bridgehead atoms. The van der Waals surface area contributed by atoms with Crippen LogP contribution in [0.15, 0.2) is 18.2 Å². The molecular formula is C10H11NO5. The lowest BCUT2D eigenvalue weighted by Crippen LogP contribution is -2.08. The molecule has 16 heavy (non-hydrogen) atoms. The summed E-state index contributed by atoms with van der Waals surface area (Å²) in [5, 5.41) is 28.5. The van der Waals surface area contributed by atoms with Crippen molar-refractivity contribution < 1.29 is 19.9 Å². The number of carboxylic acid groups (broad SMARTS) is 1. The van der Waals surface area contributed by atoms with E-state index in [4.69, 9.17) is 5.11 Å². The Morgan fingerprint density at radius 2 is 2.19 bits per heavy atom. The first-order chi connectivity index (χ1) is 7.41. The van der Waals surface area contributed by atoms with Gasteiger partial charge in [0.15, 0.2) is 0 Å². The lowest BCUT2D eigenvalue weighted by atomic mass is 10.0. The second-order valence-corrected chi connectivity index (χ2v) is 3.39. The molecule has 1 rings (SSSR count). The van der Waals surface area contributed by atoms with Crippen LogP contribution in [0, 0.1) is 10.1 Å². The van der Waals surface area contributed by atoms with Gasteiger partial charge in [0.05, 0.1) is 11.7 Å². The number of nitro groups is 1. The third kappa shape index (κ3) is 2.77. The Hall–Kier alpha value is -1.95. The van der Waals surface area contributed by atoms with Gasteiger partial charge in [-0.1, -0.05) is 6.07 Å². The number of aliphatic hydroxyl groups is 1. The summed E-state index contributed by atoms with van der Waals surface area (Å²) in [5.41, 5.74) is 0.443. The molecule has 1 atom stereocenters. The number of hydrogen-bond donors (Lipinski definition) is 2. The molecule has 0 amide bonds. The molecule has 1 unspecified atom stereocenters. The Morgan fingerprint density at radius 1 is 1.56 bits per heavy atom. The third-order valence-electron chi connectivity index (χ3n) is 2.14. The van der Waals surface area contributed by atoms with Gasteiger partial charge < -0.3 is 10.2 Å².